The second-order valence-corrected chi connectivity index (χ2v) is 6.71. The normalized spacial score (nSPS) is 10.1. The lowest BCUT2D eigenvalue weighted by Crippen LogP contribution is -2.12. The summed E-state index contributed by atoms with van der Waals surface area (Å²) in [5.41, 5.74) is 2.35. The molecule has 0 heterocycles. The van der Waals surface area contributed by atoms with E-state index in [0.29, 0.717) is 33.5 Å². The topological polar surface area (TPSA) is 52.9 Å². The van der Waals surface area contributed by atoms with Gasteiger partial charge in [-0.3, -0.25) is 4.79 Å². The summed E-state index contributed by atoms with van der Waals surface area (Å²) >= 11 is 13.5. The molecule has 0 saturated heterocycles. The van der Waals surface area contributed by atoms with E-state index in [9.17, 15) is 4.79 Å². The third kappa shape index (κ3) is 5.80. The Bertz CT molecular complexity index is 726. The number of nitrogens with zero attached hydrogens (tertiary/aromatic N) is 1. The zero-order valence-corrected chi connectivity index (χ0v) is 14.5. The molecular formula is C17H14Cl2N2OS. The molecule has 2 rings (SSSR count). The minimum Gasteiger partial charge on any atom is -0.326 e. The average molecular weight is 365 g/mol. The number of carbonyl (C=O) groups excluding carboxylic acids is 1. The van der Waals surface area contributed by atoms with Crippen LogP contribution in [0.2, 0.25) is 10.0 Å². The molecule has 118 valence electrons. The van der Waals surface area contributed by atoms with Crippen molar-refractivity contribution < 1.29 is 4.79 Å². The van der Waals surface area contributed by atoms with Crippen molar-refractivity contribution in [3.05, 3.63) is 63.6 Å². The van der Waals surface area contributed by atoms with Crippen LogP contribution in [-0.4, -0.2) is 11.7 Å². The maximum atomic E-state index is 11.8. The molecule has 1 amide bonds. The Kier molecular flexibility index (Phi) is 6.79. The van der Waals surface area contributed by atoms with E-state index >= 15 is 0 Å². The lowest BCUT2D eigenvalue weighted by atomic mass is 10.2. The Balaban J connectivity index is 1.72. The van der Waals surface area contributed by atoms with Gasteiger partial charge < -0.3 is 5.32 Å². The summed E-state index contributed by atoms with van der Waals surface area (Å²) in [6.45, 7) is 0. The molecule has 0 saturated carbocycles. The summed E-state index contributed by atoms with van der Waals surface area (Å²) in [4.78, 5) is 11.8. The highest BCUT2D eigenvalue weighted by atomic mass is 35.5. The van der Waals surface area contributed by atoms with Gasteiger partial charge in [0, 0.05) is 23.6 Å². The highest BCUT2D eigenvalue weighted by molar-refractivity contribution is 7.98. The number of anilines is 1. The van der Waals surface area contributed by atoms with Gasteiger partial charge in [0.1, 0.15) is 0 Å². The third-order valence-corrected chi connectivity index (χ3v) is 4.79. The number of nitriles is 1. The highest BCUT2D eigenvalue weighted by Crippen LogP contribution is 2.24. The van der Waals surface area contributed by atoms with E-state index < -0.39 is 0 Å². The van der Waals surface area contributed by atoms with Crippen LogP contribution in [-0.2, 0) is 10.5 Å². The lowest BCUT2D eigenvalue weighted by Gasteiger charge is -2.06. The highest BCUT2D eigenvalue weighted by Gasteiger charge is 2.04. The molecule has 0 spiro atoms. The first-order valence-corrected chi connectivity index (χ1v) is 8.81. The molecule has 23 heavy (non-hydrogen) atoms. The molecule has 0 aromatic heterocycles. The zero-order valence-electron chi connectivity index (χ0n) is 12.2. The maximum Gasteiger partial charge on any atom is 0.225 e. The molecule has 6 heteroatoms. The Morgan fingerprint density at radius 1 is 1.13 bits per heavy atom. The van der Waals surface area contributed by atoms with Crippen LogP contribution in [0.3, 0.4) is 0 Å². The Hall–Kier alpha value is -1.67. The SMILES string of the molecule is N#Cc1ccc(NC(=O)CCSCc2ccc(Cl)c(Cl)c2)cc1. The fourth-order valence-corrected chi connectivity index (χ4v) is 3.05. The van der Waals surface area contributed by atoms with E-state index in [0.717, 1.165) is 11.3 Å². The molecule has 0 aliphatic heterocycles. The van der Waals surface area contributed by atoms with Crippen molar-refractivity contribution in [2.75, 3.05) is 11.1 Å². The molecule has 0 aliphatic carbocycles. The Morgan fingerprint density at radius 2 is 1.87 bits per heavy atom. The number of halogens is 2. The van der Waals surface area contributed by atoms with Gasteiger partial charge in [-0.25, -0.2) is 0 Å². The van der Waals surface area contributed by atoms with Gasteiger partial charge >= 0.3 is 0 Å². The minimum absolute atomic E-state index is 0.0450. The summed E-state index contributed by atoms with van der Waals surface area (Å²) in [7, 11) is 0. The molecule has 2 aromatic rings. The van der Waals surface area contributed by atoms with E-state index in [-0.39, 0.29) is 5.91 Å². The van der Waals surface area contributed by atoms with Crippen molar-refractivity contribution in [3.63, 3.8) is 0 Å². The third-order valence-electron chi connectivity index (χ3n) is 3.02. The molecule has 0 bridgehead atoms. The summed E-state index contributed by atoms with van der Waals surface area (Å²) in [6, 6.07) is 14.4. The van der Waals surface area contributed by atoms with Crippen LogP contribution in [0, 0.1) is 11.3 Å². The summed E-state index contributed by atoms with van der Waals surface area (Å²) in [5, 5.41) is 12.6. The van der Waals surface area contributed by atoms with Gasteiger partial charge in [-0.2, -0.15) is 17.0 Å². The largest absolute Gasteiger partial charge is 0.326 e. The zero-order chi connectivity index (χ0) is 16.7. The second-order valence-electron chi connectivity index (χ2n) is 4.79. The van der Waals surface area contributed by atoms with Crippen LogP contribution in [0.1, 0.15) is 17.5 Å². The standard InChI is InChI=1S/C17H14Cl2N2OS/c18-15-6-3-13(9-16(15)19)11-23-8-7-17(22)21-14-4-1-12(10-20)2-5-14/h1-6,9H,7-8,11H2,(H,21,22). The number of nitrogens with one attached hydrogen (secondary N) is 1. The molecule has 2 aromatic carbocycles. The van der Waals surface area contributed by atoms with E-state index in [4.69, 9.17) is 28.5 Å². The summed E-state index contributed by atoms with van der Waals surface area (Å²) in [5.74, 6) is 1.44. The number of carbonyl (C=O) groups is 1. The van der Waals surface area contributed by atoms with Crippen molar-refractivity contribution in [1.29, 1.82) is 5.26 Å². The van der Waals surface area contributed by atoms with Gasteiger partial charge in [0.05, 0.1) is 21.7 Å². The number of amides is 1. The molecule has 3 nitrogen and oxygen atoms in total. The van der Waals surface area contributed by atoms with Crippen LogP contribution in [0.25, 0.3) is 0 Å². The first kappa shape index (κ1) is 17.7. The van der Waals surface area contributed by atoms with Crippen LogP contribution < -0.4 is 5.32 Å². The average Bonchev–Trinajstić information content (AvgIpc) is 2.55. The van der Waals surface area contributed by atoms with Crippen molar-refractivity contribution in [2.24, 2.45) is 0 Å². The Labute approximate surface area is 149 Å². The van der Waals surface area contributed by atoms with E-state index in [1.165, 1.54) is 0 Å². The van der Waals surface area contributed by atoms with Crippen LogP contribution in [0.15, 0.2) is 42.5 Å². The molecule has 0 radical (unpaired) electrons. The van der Waals surface area contributed by atoms with Gasteiger partial charge in [0.15, 0.2) is 0 Å². The predicted molar refractivity (Wildman–Crippen MR) is 97.0 cm³/mol. The van der Waals surface area contributed by atoms with Gasteiger partial charge in [0.25, 0.3) is 0 Å². The maximum absolute atomic E-state index is 11.8. The van der Waals surface area contributed by atoms with Crippen LogP contribution in [0.4, 0.5) is 5.69 Å². The van der Waals surface area contributed by atoms with Crippen molar-refractivity contribution in [1.82, 2.24) is 0 Å². The monoisotopic (exact) mass is 364 g/mol. The number of hydrogen-bond donors (Lipinski definition) is 1. The molecule has 0 fully saturated rings. The fraction of sp³-hybridized carbons (Fsp3) is 0.176. The van der Waals surface area contributed by atoms with Gasteiger partial charge in [-0.1, -0.05) is 29.3 Å². The van der Waals surface area contributed by atoms with Gasteiger partial charge in [0.2, 0.25) is 5.91 Å². The predicted octanol–water partition coefficient (Wildman–Crippen LogP) is 5.13. The van der Waals surface area contributed by atoms with Crippen molar-refractivity contribution in [3.8, 4) is 6.07 Å². The molecule has 1 N–H and O–H groups in total. The number of thioether (sulfide) groups is 1. The van der Waals surface area contributed by atoms with E-state index in [1.807, 2.05) is 18.2 Å². The quantitative estimate of drug-likeness (QED) is 0.723. The van der Waals surface area contributed by atoms with Crippen LogP contribution in [0.5, 0.6) is 0 Å². The molecule has 0 unspecified atom stereocenters. The van der Waals surface area contributed by atoms with Gasteiger partial charge in [-0.15, -0.1) is 0 Å². The fourth-order valence-electron chi connectivity index (χ4n) is 1.84. The first-order chi connectivity index (χ1) is 11.1. The number of hydrogen-bond acceptors (Lipinski definition) is 3. The molecule has 0 aliphatic rings. The smallest absolute Gasteiger partial charge is 0.225 e. The first-order valence-electron chi connectivity index (χ1n) is 6.90. The van der Waals surface area contributed by atoms with E-state index in [1.54, 1.807) is 42.1 Å². The minimum atomic E-state index is -0.0450. The van der Waals surface area contributed by atoms with Crippen molar-refractivity contribution >= 4 is 46.6 Å². The lowest BCUT2D eigenvalue weighted by molar-refractivity contribution is -0.115. The van der Waals surface area contributed by atoms with Gasteiger partial charge in [-0.05, 0) is 42.0 Å². The van der Waals surface area contributed by atoms with Crippen molar-refractivity contribution in [2.45, 2.75) is 12.2 Å². The molecular weight excluding hydrogens is 351 g/mol. The summed E-state index contributed by atoms with van der Waals surface area (Å²) in [6.07, 6.45) is 0.423. The summed E-state index contributed by atoms with van der Waals surface area (Å²) < 4.78 is 0. The number of benzene rings is 2. The number of rotatable bonds is 6. The van der Waals surface area contributed by atoms with E-state index in [2.05, 4.69) is 5.32 Å². The Morgan fingerprint density at radius 3 is 2.52 bits per heavy atom. The molecule has 0 atom stereocenters. The van der Waals surface area contributed by atoms with Crippen LogP contribution >= 0.6 is 35.0 Å². The second kappa shape index (κ2) is 8.83.